The molecule has 0 saturated carbocycles. The highest BCUT2D eigenvalue weighted by molar-refractivity contribution is 6.00. The Bertz CT molecular complexity index is 1170. The van der Waals surface area contributed by atoms with Crippen molar-refractivity contribution in [2.45, 2.75) is 25.1 Å². The van der Waals surface area contributed by atoms with Gasteiger partial charge in [0.2, 0.25) is 5.95 Å². The van der Waals surface area contributed by atoms with E-state index in [0.717, 1.165) is 0 Å². The maximum Gasteiger partial charge on any atom is 0.414 e. The highest BCUT2D eigenvalue weighted by Crippen LogP contribution is 2.30. The van der Waals surface area contributed by atoms with Gasteiger partial charge < -0.3 is 14.7 Å². The molecule has 1 aromatic carbocycles. The summed E-state index contributed by atoms with van der Waals surface area (Å²) in [7, 11) is 0. The third-order valence-corrected chi connectivity index (χ3v) is 5.35. The quantitative estimate of drug-likeness (QED) is 0.585. The van der Waals surface area contributed by atoms with Crippen molar-refractivity contribution in [1.82, 2.24) is 20.0 Å². The van der Waals surface area contributed by atoms with Crippen LogP contribution in [-0.2, 0) is 16.1 Å². The predicted octanol–water partition coefficient (Wildman–Crippen LogP) is 1.99. The van der Waals surface area contributed by atoms with Crippen molar-refractivity contribution in [2.75, 3.05) is 18.1 Å². The first-order valence-electron chi connectivity index (χ1n) is 10.0. The number of carbonyl (C=O) groups is 1. The van der Waals surface area contributed by atoms with Crippen LogP contribution in [0, 0.1) is 5.95 Å². The summed E-state index contributed by atoms with van der Waals surface area (Å²) in [5.41, 5.74) is 2.27. The maximum absolute atomic E-state index is 14.9. The van der Waals surface area contributed by atoms with Gasteiger partial charge in [0.25, 0.3) is 0 Å². The van der Waals surface area contributed by atoms with Gasteiger partial charge in [-0.1, -0.05) is 22.5 Å². The molecule has 11 heteroatoms. The van der Waals surface area contributed by atoms with Crippen LogP contribution in [0.5, 0.6) is 0 Å². The highest BCUT2D eigenvalue weighted by atomic mass is 19.1. The minimum atomic E-state index is -0.669. The fourth-order valence-electron chi connectivity index (χ4n) is 3.77. The van der Waals surface area contributed by atoms with Gasteiger partial charge in [-0.3, -0.25) is 9.58 Å². The second kappa shape index (κ2) is 8.35. The Kier molecular flexibility index (Phi) is 5.23. The normalized spacial score (nSPS) is 20.2. The van der Waals surface area contributed by atoms with E-state index >= 15 is 0 Å². The summed E-state index contributed by atoms with van der Waals surface area (Å²) in [6, 6.07) is 9.98. The minimum absolute atomic E-state index is 0.169. The number of ether oxygens (including phenoxy) is 1. The fourth-order valence-corrected chi connectivity index (χ4v) is 3.77. The standard InChI is InChI=1S/C21H19FN6O4/c22-20-17(4-5-18(24-20)19-9-16(11-29)32-25-19)13-2-1-3-14(8-13)28-15(12-31-21(28)30)10-27-7-6-23-26-27/h1-8,15-16,29H,9-12H2/t15-,16+/m1/s1. The molecule has 0 aliphatic carbocycles. The molecular formula is C21H19FN6O4. The van der Waals surface area contributed by atoms with Gasteiger partial charge in [-0.25, -0.2) is 9.78 Å². The zero-order chi connectivity index (χ0) is 22.1. The topological polar surface area (TPSA) is 115 Å². The van der Waals surface area contributed by atoms with Gasteiger partial charge in [0.05, 0.1) is 31.1 Å². The second-order valence-electron chi connectivity index (χ2n) is 7.46. The Morgan fingerprint density at radius 3 is 2.91 bits per heavy atom. The molecule has 0 bridgehead atoms. The lowest BCUT2D eigenvalue weighted by Crippen LogP contribution is -2.36. The number of anilines is 1. The molecule has 0 spiro atoms. The van der Waals surface area contributed by atoms with E-state index in [1.165, 1.54) is 4.90 Å². The average molecular weight is 438 g/mol. The lowest BCUT2D eigenvalue weighted by molar-refractivity contribution is 0.0390. The summed E-state index contributed by atoms with van der Waals surface area (Å²) in [5, 5.41) is 20.8. The first-order chi connectivity index (χ1) is 15.6. The molecule has 2 atom stereocenters. The Morgan fingerprint density at radius 1 is 1.25 bits per heavy atom. The van der Waals surface area contributed by atoms with Gasteiger partial charge in [-0.2, -0.15) is 4.39 Å². The summed E-state index contributed by atoms with van der Waals surface area (Å²) in [4.78, 5) is 23.0. The van der Waals surface area contributed by atoms with Crippen LogP contribution in [0.2, 0.25) is 0 Å². The Labute approximate surface area is 181 Å². The Morgan fingerprint density at radius 2 is 2.16 bits per heavy atom. The predicted molar refractivity (Wildman–Crippen MR) is 110 cm³/mol. The first-order valence-corrected chi connectivity index (χ1v) is 10.0. The summed E-state index contributed by atoms with van der Waals surface area (Å²) < 4.78 is 21.8. The maximum atomic E-state index is 14.9. The number of oxime groups is 1. The van der Waals surface area contributed by atoms with E-state index in [4.69, 9.17) is 14.7 Å². The van der Waals surface area contributed by atoms with Crippen LogP contribution in [-0.4, -0.2) is 62.2 Å². The molecule has 10 nitrogen and oxygen atoms in total. The molecule has 2 aliphatic rings. The first kappa shape index (κ1) is 20.1. The van der Waals surface area contributed by atoms with Gasteiger partial charge in [-0.15, -0.1) is 5.10 Å². The number of aliphatic hydroxyl groups is 1. The lowest BCUT2D eigenvalue weighted by Gasteiger charge is -2.22. The number of aliphatic hydroxyl groups excluding tert-OH is 1. The van der Waals surface area contributed by atoms with E-state index in [1.807, 2.05) is 0 Å². The number of halogens is 1. The number of nitrogens with zero attached hydrogens (tertiary/aromatic N) is 6. The van der Waals surface area contributed by atoms with Crippen LogP contribution >= 0.6 is 0 Å². The molecule has 5 rings (SSSR count). The number of pyridine rings is 1. The van der Waals surface area contributed by atoms with Crippen molar-refractivity contribution < 1.29 is 23.9 Å². The average Bonchev–Trinajstić information content (AvgIpc) is 3.56. The van der Waals surface area contributed by atoms with E-state index in [1.54, 1.807) is 53.5 Å². The third-order valence-electron chi connectivity index (χ3n) is 5.35. The largest absolute Gasteiger partial charge is 0.447 e. The monoisotopic (exact) mass is 438 g/mol. The summed E-state index contributed by atoms with van der Waals surface area (Å²) >= 11 is 0. The van der Waals surface area contributed by atoms with Crippen LogP contribution in [0.25, 0.3) is 11.1 Å². The molecule has 2 aromatic heterocycles. The number of hydrogen-bond donors (Lipinski definition) is 1. The van der Waals surface area contributed by atoms with Crippen molar-refractivity contribution in [1.29, 1.82) is 0 Å². The number of carbonyl (C=O) groups excluding carboxylic acids is 1. The number of cyclic esters (lactones) is 1. The zero-order valence-corrected chi connectivity index (χ0v) is 16.8. The van der Waals surface area contributed by atoms with Crippen molar-refractivity contribution in [3.63, 3.8) is 0 Å². The SMILES string of the molecule is O=C1OC[C@@H](Cn2ccnn2)N1c1cccc(-c2ccc(C3=NO[C@H](CO)C3)nc2F)c1. The summed E-state index contributed by atoms with van der Waals surface area (Å²) in [6.07, 6.45) is 2.73. The van der Waals surface area contributed by atoms with Crippen molar-refractivity contribution >= 4 is 17.5 Å². The van der Waals surface area contributed by atoms with E-state index in [2.05, 4.69) is 20.5 Å². The van der Waals surface area contributed by atoms with Gasteiger partial charge in [0, 0.05) is 23.9 Å². The van der Waals surface area contributed by atoms with Gasteiger partial charge in [0.15, 0.2) is 6.10 Å². The Hall–Kier alpha value is -3.86. The molecule has 164 valence electrons. The van der Waals surface area contributed by atoms with E-state index in [0.29, 0.717) is 35.6 Å². The molecule has 4 heterocycles. The molecular weight excluding hydrogens is 419 g/mol. The number of rotatable bonds is 6. The van der Waals surface area contributed by atoms with E-state index in [9.17, 15) is 9.18 Å². The fraction of sp³-hybridized carbons (Fsp3) is 0.286. The summed E-state index contributed by atoms with van der Waals surface area (Å²) in [5.74, 6) is -0.669. The number of amides is 1. The van der Waals surface area contributed by atoms with E-state index in [-0.39, 0.29) is 24.8 Å². The molecule has 1 N–H and O–H groups in total. The molecule has 1 fully saturated rings. The van der Waals surface area contributed by atoms with Gasteiger partial charge >= 0.3 is 6.09 Å². The van der Waals surface area contributed by atoms with Crippen LogP contribution in [0.3, 0.4) is 0 Å². The van der Waals surface area contributed by atoms with Gasteiger partial charge in [0.1, 0.15) is 12.3 Å². The Balaban J connectivity index is 1.41. The van der Waals surface area contributed by atoms with Crippen LogP contribution in [0.1, 0.15) is 12.1 Å². The molecule has 2 aliphatic heterocycles. The third kappa shape index (κ3) is 3.78. The van der Waals surface area contributed by atoms with Crippen LogP contribution in [0.15, 0.2) is 53.9 Å². The number of hydrogen-bond acceptors (Lipinski definition) is 8. The molecule has 0 unspecified atom stereocenters. The second-order valence-corrected chi connectivity index (χ2v) is 7.46. The molecule has 32 heavy (non-hydrogen) atoms. The summed E-state index contributed by atoms with van der Waals surface area (Å²) in [6.45, 7) is 0.462. The minimum Gasteiger partial charge on any atom is -0.447 e. The van der Waals surface area contributed by atoms with Gasteiger partial charge in [-0.05, 0) is 29.8 Å². The van der Waals surface area contributed by atoms with E-state index < -0.39 is 18.1 Å². The zero-order valence-electron chi connectivity index (χ0n) is 16.8. The molecule has 3 aromatic rings. The molecule has 0 radical (unpaired) electrons. The smallest absolute Gasteiger partial charge is 0.414 e. The van der Waals surface area contributed by atoms with Crippen LogP contribution in [0.4, 0.5) is 14.9 Å². The molecule has 1 saturated heterocycles. The van der Waals surface area contributed by atoms with Crippen molar-refractivity contribution in [2.24, 2.45) is 5.16 Å². The lowest BCUT2D eigenvalue weighted by atomic mass is 10.0. The highest BCUT2D eigenvalue weighted by Gasteiger charge is 2.35. The van der Waals surface area contributed by atoms with Crippen LogP contribution < -0.4 is 4.90 Å². The number of aromatic nitrogens is 4. The van der Waals surface area contributed by atoms with Crippen molar-refractivity contribution in [3.05, 3.63) is 60.4 Å². The van der Waals surface area contributed by atoms with Crippen molar-refractivity contribution in [3.8, 4) is 11.1 Å². The molecule has 1 amide bonds. The number of benzene rings is 1.